The van der Waals surface area contributed by atoms with Gasteiger partial charge < -0.3 is 20.1 Å². The number of rotatable bonds is 10. The van der Waals surface area contributed by atoms with Crippen molar-refractivity contribution in [2.45, 2.75) is 26.4 Å². The van der Waals surface area contributed by atoms with E-state index in [1.807, 2.05) is 36.1 Å². The monoisotopic (exact) mass is 399 g/mol. The minimum Gasteiger partial charge on any atom is -0.497 e. The number of ether oxygens (including phenoxy) is 2. The van der Waals surface area contributed by atoms with Crippen LogP contribution in [0.2, 0.25) is 0 Å². The summed E-state index contributed by atoms with van der Waals surface area (Å²) in [4.78, 5) is 26.7. The van der Waals surface area contributed by atoms with Crippen LogP contribution in [-0.4, -0.2) is 50.1 Å². The van der Waals surface area contributed by atoms with Crippen LogP contribution in [0.25, 0.3) is 0 Å². The van der Waals surface area contributed by atoms with Crippen LogP contribution >= 0.6 is 0 Å². The first-order valence-electron chi connectivity index (χ1n) is 9.55. The van der Waals surface area contributed by atoms with E-state index in [0.717, 1.165) is 17.1 Å². The van der Waals surface area contributed by atoms with Crippen LogP contribution in [0.3, 0.4) is 0 Å². The molecule has 2 N–H and O–H groups in total. The van der Waals surface area contributed by atoms with E-state index in [9.17, 15) is 9.59 Å². The summed E-state index contributed by atoms with van der Waals surface area (Å²) in [6, 6.07) is 14.2. The molecule has 0 fully saturated rings. The highest BCUT2D eigenvalue weighted by molar-refractivity contribution is 5.93. The summed E-state index contributed by atoms with van der Waals surface area (Å²) in [5.74, 6) is 1.19. The van der Waals surface area contributed by atoms with Gasteiger partial charge >= 0.3 is 0 Å². The van der Waals surface area contributed by atoms with Crippen LogP contribution in [0, 0.1) is 0 Å². The summed E-state index contributed by atoms with van der Waals surface area (Å²) in [7, 11) is 3.20. The van der Waals surface area contributed by atoms with Gasteiger partial charge in [-0.2, -0.15) is 0 Å². The number of benzene rings is 2. The van der Waals surface area contributed by atoms with Crippen LogP contribution < -0.4 is 20.1 Å². The second-order valence-corrected chi connectivity index (χ2v) is 6.58. The third kappa shape index (κ3) is 6.80. The standard InChI is InChI=1S/C22H29N3O4/c1-5-25(15-21(26)24-18-8-12-20(29-4)13-9-18)16(2)22(27)23-14-17-6-10-19(28-3)11-7-17/h6-13,16H,5,14-15H2,1-4H3,(H,23,27)(H,24,26)/t16-/m1/s1. The first-order valence-corrected chi connectivity index (χ1v) is 9.55. The Kier molecular flexibility index (Phi) is 8.48. The first-order chi connectivity index (χ1) is 14.0. The van der Waals surface area contributed by atoms with Gasteiger partial charge in [-0.05, 0) is 55.4 Å². The lowest BCUT2D eigenvalue weighted by molar-refractivity contribution is -0.127. The number of carbonyl (C=O) groups excluding carboxylic acids is 2. The van der Waals surface area contributed by atoms with Crippen LogP contribution in [-0.2, 0) is 16.1 Å². The number of methoxy groups -OCH3 is 2. The van der Waals surface area contributed by atoms with Crippen LogP contribution in [0.1, 0.15) is 19.4 Å². The average molecular weight is 399 g/mol. The summed E-state index contributed by atoms with van der Waals surface area (Å²) < 4.78 is 10.2. The molecule has 0 aromatic heterocycles. The van der Waals surface area contributed by atoms with E-state index >= 15 is 0 Å². The number of carbonyl (C=O) groups is 2. The lowest BCUT2D eigenvalue weighted by atomic mass is 10.2. The summed E-state index contributed by atoms with van der Waals surface area (Å²) in [5.41, 5.74) is 1.66. The predicted octanol–water partition coefficient (Wildman–Crippen LogP) is 2.67. The van der Waals surface area contributed by atoms with Gasteiger partial charge in [0.1, 0.15) is 11.5 Å². The predicted molar refractivity (Wildman–Crippen MR) is 113 cm³/mol. The lowest BCUT2D eigenvalue weighted by Crippen LogP contribution is -2.47. The fourth-order valence-corrected chi connectivity index (χ4v) is 2.83. The van der Waals surface area contributed by atoms with Crippen LogP contribution in [0.5, 0.6) is 11.5 Å². The van der Waals surface area contributed by atoms with E-state index in [1.165, 1.54) is 0 Å². The zero-order valence-electron chi connectivity index (χ0n) is 17.4. The van der Waals surface area contributed by atoms with Gasteiger partial charge in [0.15, 0.2) is 0 Å². The Balaban J connectivity index is 1.85. The van der Waals surface area contributed by atoms with Crippen LogP contribution in [0.4, 0.5) is 5.69 Å². The van der Waals surface area contributed by atoms with Gasteiger partial charge in [0.2, 0.25) is 11.8 Å². The van der Waals surface area contributed by atoms with Gasteiger partial charge in [0.25, 0.3) is 0 Å². The molecule has 0 aliphatic carbocycles. The highest BCUT2D eigenvalue weighted by Gasteiger charge is 2.22. The quantitative estimate of drug-likeness (QED) is 0.642. The fourth-order valence-electron chi connectivity index (χ4n) is 2.83. The Labute approximate surface area is 172 Å². The SMILES string of the molecule is CCN(CC(=O)Nc1ccc(OC)cc1)[C@H](C)C(=O)NCc1ccc(OC)cc1. The van der Waals surface area contributed by atoms with Crippen molar-refractivity contribution in [1.82, 2.24) is 10.2 Å². The zero-order valence-corrected chi connectivity index (χ0v) is 17.4. The van der Waals surface area contributed by atoms with E-state index < -0.39 is 6.04 Å². The summed E-state index contributed by atoms with van der Waals surface area (Å²) in [5, 5.41) is 5.76. The van der Waals surface area contributed by atoms with Crippen molar-refractivity contribution in [3.8, 4) is 11.5 Å². The molecule has 0 bridgehead atoms. The molecule has 0 heterocycles. The molecule has 2 aromatic carbocycles. The van der Waals surface area contributed by atoms with Crippen molar-refractivity contribution in [2.24, 2.45) is 0 Å². The van der Waals surface area contributed by atoms with Gasteiger partial charge in [-0.1, -0.05) is 19.1 Å². The number of hydrogen-bond acceptors (Lipinski definition) is 5. The van der Waals surface area contributed by atoms with Crippen molar-refractivity contribution < 1.29 is 19.1 Å². The summed E-state index contributed by atoms with van der Waals surface area (Å²) in [6.45, 7) is 4.84. The number of nitrogens with one attached hydrogen (secondary N) is 2. The van der Waals surface area contributed by atoms with Crippen LogP contribution in [0.15, 0.2) is 48.5 Å². The zero-order chi connectivity index (χ0) is 21.2. The Bertz CT molecular complexity index is 791. The maximum absolute atomic E-state index is 12.5. The molecule has 0 spiro atoms. The molecule has 1 atom stereocenters. The molecule has 2 amide bonds. The topological polar surface area (TPSA) is 79.9 Å². The molecule has 0 saturated heterocycles. The number of nitrogens with zero attached hydrogens (tertiary/aromatic N) is 1. The first kappa shape index (κ1) is 22.2. The van der Waals surface area contributed by atoms with E-state index in [1.54, 1.807) is 45.4 Å². The van der Waals surface area contributed by atoms with Crippen molar-refractivity contribution in [3.63, 3.8) is 0 Å². The second-order valence-electron chi connectivity index (χ2n) is 6.58. The van der Waals surface area contributed by atoms with E-state index in [4.69, 9.17) is 9.47 Å². The third-order valence-electron chi connectivity index (χ3n) is 4.68. The van der Waals surface area contributed by atoms with Crippen molar-refractivity contribution in [3.05, 3.63) is 54.1 Å². The normalized spacial score (nSPS) is 11.6. The molecule has 2 aromatic rings. The minimum atomic E-state index is -0.431. The van der Waals surface area contributed by atoms with Gasteiger partial charge in [-0.25, -0.2) is 0 Å². The highest BCUT2D eigenvalue weighted by atomic mass is 16.5. The van der Waals surface area contributed by atoms with Gasteiger partial charge in [0, 0.05) is 12.2 Å². The fraction of sp³-hybridized carbons (Fsp3) is 0.364. The molecular weight excluding hydrogens is 370 g/mol. The van der Waals surface area contributed by atoms with Crippen molar-refractivity contribution in [1.29, 1.82) is 0 Å². The van der Waals surface area contributed by atoms with Crippen molar-refractivity contribution in [2.75, 3.05) is 32.6 Å². The van der Waals surface area contributed by atoms with Gasteiger partial charge in [0.05, 0.1) is 26.8 Å². The molecular formula is C22H29N3O4. The number of likely N-dealkylation sites (N-methyl/N-ethyl adjacent to an activating group) is 1. The molecule has 29 heavy (non-hydrogen) atoms. The summed E-state index contributed by atoms with van der Waals surface area (Å²) in [6.07, 6.45) is 0. The largest absolute Gasteiger partial charge is 0.497 e. The molecule has 0 radical (unpaired) electrons. The maximum Gasteiger partial charge on any atom is 0.238 e. The number of hydrogen-bond donors (Lipinski definition) is 2. The van der Waals surface area contributed by atoms with E-state index in [2.05, 4.69) is 10.6 Å². The Morgan fingerprint density at radius 3 is 2.03 bits per heavy atom. The molecule has 7 heteroatoms. The molecule has 7 nitrogen and oxygen atoms in total. The molecule has 0 aliphatic rings. The van der Waals surface area contributed by atoms with Gasteiger partial charge in [-0.15, -0.1) is 0 Å². The van der Waals surface area contributed by atoms with E-state index in [-0.39, 0.29) is 18.4 Å². The van der Waals surface area contributed by atoms with Gasteiger partial charge in [-0.3, -0.25) is 14.5 Å². The Morgan fingerprint density at radius 1 is 0.966 bits per heavy atom. The second kappa shape index (κ2) is 11.1. The smallest absolute Gasteiger partial charge is 0.238 e. The average Bonchev–Trinajstić information content (AvgIpc) is 2.76. The molecule has 0 unspecified atom stereocenters. The highest BCUT2D eigenvalue weighted by Crippen LogP contribution is 2.15. The molecule has 2 rings (SSSR count). The lowest BCUT2D eigenvalue weighted by Gasteiger charge is -2.26. The Morgan fingerprint density at radius 2 is 1.52 bits per heavy atom. The Hall–Kier alpha value is -3.06. The molecule has 156 valence electrons. The minimum absolute atomic E-state index is 0.125. The maximum atomic E-state index is 12.5. The molecule has 0 saturated carbocycles. The summed E-state index contributed by atoms with van der Waals surface area (Å²) >= 11 is 0. The molecule has 0 aliphatic heterocycles. The third-order valence-corrected chi connectivity index (χ3v) is 4.68. The number of anilines is 1. The van der Waals surface area contributed by atoms with E-state index in [0.29, 0.717) is 18.8 Å². The number of amides is 2. The van der Waals surface area contributed by atoms with Crippen molar-refractivity contribution >= 4 is 17.5 Å².